The summed E-state index contributed by atoms with van der Waals surface area (Å²) in [6, 6.07) is 2.76. The maximum Gasteiger partial charge on any atom is 0.319 e. The number of thiophene rings is 1. The highest BCUT2D eigenvalue weighted by Crippen LogP contribution is 2.48. The van der Waals surface area contributed by atoms with Gasteiger partial charge in [-0.25, -0.2) is 8.78 Å². The maximum absolute atomic E-state index is 17.4. The van der Waals surface area contributed by atoms with E-state index in [0.717, 1.165) is 75.0 Å². The second kappa shape index (κ2) is 12.9. The zero-order valence-electron chi connectivity index (χ0n) is 28.0. The molecule has 0 amide bonds. The highest BCUT2D eigenvalue weighted by molar-refractivity contribution is 7.23. The first kappa shape index (κ1) is 32.5. The van der Waals surface area contributed by atoms with E-state index in [1.807, 2.05) is 6.92 Å². The van der Waals surface area contributed by atoms with Crippen molar-refractivity contribution in [3.8, 4) is 23.3 Å². The fraction of sp³-hybridized carbons (Fsp3) is 0.543. The van der Waals surface area contributed by atoms with Gasteiger partial charge in [0.25, 0.3) is 0 Å². The molecule has 3 fully saturated rings. The maximum atomic E-state index is 17.4. The summed E-state index contributed by atoms with van der Waals surface area (Å²) in [4.78, 5) is 21.3. The summed E-state index contributed by atoms with van der Waals surface area (Å²) in [6.45, 7) is 9.07. The number of piperazine rings is 1. The number of nitrogens with two attached hydrogens (primary N) is 1. The molecule has 0 aliphatic carbocycles. The molecule has 0 radical (unpaired) electrons. The lowest BCUT2D eigenvalue weighted by atomic mass is 9.93. The van der Waals surface area contributed by atoms with Gasteiger partial charge in [-0.05, 0) is 64.3 Å². The standard InChI is InChI=1S/C35H40F2N8O3S/c1-4-47-18(2)12-44-13-19-7-8-20(14-44)45(19)34-28-24-17-46-16-23(24)26(30-27-22(10-38)33(39)49-32(27)25(36)11-40-30)29(37)31(28)41-35(42-34)48-15-21-6-5-9-43(21)3/h11,18-21H,4-9,12-17,39H2,1-3H3/t18-,19?,20?,21+/m1/s1. The molecule has 2 N–H and O–H groups in total. The number of nitrogens with zero attached hydrogens (tertiary/aromatic N) is 7. The third-order valence-corrected chi connectivity index (χ3v) is 11.7. The SMILES string of the molecule is CCO[C@H](C)CN1CC2CCC(C1)N2c1nc(OC[C@@H]2CCCN2C)nc2c(F)c(-c3ncc(F)c4sc(N)c(C#N)c34)c3c(c12)COC3. The number of ether oxygens (including phenoxy) is 3. The normalized spacial score (nSPS) is 23.1. The van der Waals surface area contributed by atoms with Crippen molar-refractivity contribution in [1.29, 1.82) is 5.26 Å². The van der Waals surface area contributed by atoms with E-state index >= 15 is 8.78 Å². The monoisotopic (exact) mass is 690 g/mol. The van der Waals surface area contributed by atoms with Crippen molar-refractivity contribution in [2.45, 2.75) is 77.0 Å². The van der Waals surface area contributed by atoms with Crippen LogP contribution in [0, 0.1) is 23.0 Å². The predicted molar refractivity (Wildman–Crippen MR) is 184 cm³/mol. The van der Waals surface area contributed by atoms with Crippen LogP contribution in [0.1, 0.15) is 56.2 Å². The van der Waals surface area contributed by atoms with Gasteiger partial charge in [-0.15, -0.1) is 11.3 Å². The summed E-state index contributed by atoms with van der Waals surface area (Å²) in [6.07, 6.45) is 5.26. The first-order valence-corrected chi connectivity index (χ1v) is 17.9. The second-order valence-corrected chi connectivity index (χ2v) is 14.7. The quantitative estimate of drug-likeness (QED) is 0.249. The summed E-state index contributed by atoms with van der Waals surface area (Å²) in [5.74, 6) is -0.587. The van der Waals surface area contributed by atoms with Crippen molar-refractivity contribution in [2.24, 2.45) is 0 Å². The number of likely N-dealkylation sites (tertiary alicyclic amines) is 2. The zero-order valence-corrected chi connectivity index (χ0v) is 28.8. The van der Waals surface area contributed by atoms with E-state index in [0.29, 0.717) is 30.0 Å². The van der Waals surface area contributed by atoms with Crippen LogP contribution >= 0.6 is 11.3 Å². The molecular weight excluding hydrogens is 651 g/mol. The number of fused-ring (bicyclic) bond motifs is 6. The molecule has 0 spiro atoms. The molecule has 258 valence electrons. The number of nitriles is 1. The van der Waals surface area contributed by atoms with E-state index in [4.69, 9.17) is 29.9 Å². The van der Waals surface area contributed by atoms with Crippen LogP contribution in [0.4, 0.5) is 19.6 Å². The van der Waals surface area contributed by atoms with Crippen LogP contribution in [-0.2, 0) is 22.7 Å². The minimum absolute atomic E-state index is 0.0790. The van der Waals surface area contributed by atoms with Gasteiger partial charge < -0.3 is 29.7 Å². The Morgan fingerprint density at radius 2 is 1.92 bits per heavy atom. The third kappa shape index (κ3) is 5.47. The number of hydrogen-bond acceptors (Lipinski definition) is 12. The Morgan fingerprint density at radius 1 is 1.14 bits per heavy atom. The first-order valence-electron chi connectivity index (χ1n) is 17.1. The van der Waals surface area contributed by atoms with Crippen LogP contribution in [0.15, 0.2) is 6.20 Å². The second-order valence-electron chi connectivity index (χ2n) is 13.7. The van der Waals surface area contributed by atoms with Crippen LogP contribution in [-0.4, -0.2) is 95.4 Å². The molecule has 8 rings (SSSR count). The minimum atomic E-state index is -0.628. The lowest BCUT2D eigenvalue weighted by Crippen LogP contribution is -2.55. The van der Waals surface area contributed by atoms with Gasteiger partial charge in [0.05, 0.1) is 46.9 Å². The third-order valence-electron chi connectivity index (χ3n) is 10.6. The summed E-state index contributed by atoms with van der Waals surface area (Å²) < 4.78 is 50.7. The van der Waals surface area contributed by atoms with Gasteiger partial charge >= 0.3 is 6.01 Å². The predicted octanol–water partition coefficient (Wildman–Crippen LogP) is 5.22. The molecule has 49 heavy (non-hydrogen) atoms. The van der Waals surface area contributed by atoms with Crippen molar-refractivity contribution < 1.29 is 23.0 Å². The molecule has 3 aromatic heterocycles. The van der Waals surface area contributed by atoms with Gasteiger partial charge in [-0.3, -0.25) is 9.88 Å². The summed E-state index contributed by atoms with van der Waals surface area (Å²) in [5, 5.41) is 10.9. The molecule has 4 atom stereocenters. The largest absolute Gasteiger partial charge is 0.462 e. The van der Waals surface area contributed by atoms with E-state index in [1.165, 1.54) is 0 Å². The Labute approximate surface area is 287 Å². The zero-order chi connectivity index (χ0) is 34.0. The van der Waals surface area contributed by atoms with Crippen molar-refractivity contribution in [3.05, 3.63) is 34.5 Å². The summed E-state index contributed by atoms with van der Waals surface area (Å²) in [7, 11) is 2.08. The Kier molecular flexibility index (Phi) is 8.52. The van der Waals surface area contributed by atoms with Gasteiger partial charge in [0, 0.05) is 55.3 Å². The topological polar surface area (TPSA) is 126 Å². The highest BCUT2D eigenvalue weighted by Gasteiger charge is 2.43. The Morgan fingerprint density at radius 3 is 2.63 bits per heavy atom. The summed E-state index contributed by atoms with van der Waals surface area (Å²) >= 11 is 0.956. The number of likely N-dealkylation sites (N-methyl/N-ethyl adjacent to an activating group) is 1. The molecule has 1 aromatic carbocycles. The van der Waals surface area contributed by atoms with Crippen LogP contribution in [0.25, 0.3) is 32.2 Å². The van der Waals surface area contributed by atoms with Crippen LogP contribution in [0.3, 0.4) is 0 Å². The molecular formula is C35H40F2N8O3S. The summed E-state index contributed by atoms with van der Waals surface area (Å²) in [5.41, 5.74) is 7.99. The van der Waals surface area contributed by atoms with Gasteiger partial charge in [-0.1, -0.05) is 0 Å². The highest BCUT2D eigenvalue weighted by atomic mass is 32.1. The molecule has 3 saturated heterocycles. The number of hydrogen-bond donors (Lipinski definition) is 1. The van der Waals surface area contributed by atoms with Crippen LogP contribution in [0.2, 0.25) is 0 Å². The number of benzene rings is 1. The molecule has 7 heterocycles. The smallest absolute Gasteiger partial charge is 0.319 e. The van der Waals surface area contributed by atoms with E-state index in [9.17, 15) is 5.26 Å². The van der Waals surface area contributed by atoms with Crippen molar-refractivity contribution >= 4 is 43.1 Å². The average Bonchev–Trinajstić information content (AvgIpc) is 3.86. The van der Waals surface area contributed by atoms with E-state index in [-0.39, 0.29) is 80.9 Å². The lowest BCUT2D eigenvalue weighted by molar-refractivity contribution is 0.0400. The van der Waals surface area contributed by atoms with E-state index in [2.05, 4.69) is 39.7 Å². The molecule has 4 aliphatic rings. The number of nitrogen functional groups attached to an aromatic ring is 1. The van der Waals surface area contributed by atoms with Crippen LogP contribution in [0.5, 0.6) is 6.01 Å². The number of aromatic nitrogens is 3. The Hall–Kier alpha value is -3.74. The van der Waals surface area contributed by atoms with Crippen molar-refractivity contribution in [2.75, 3.05) is 57.1 Å². The molecule has 2 bridgehead atoms. The number of rotatable bonds is 9. The van der Waals surface area contributed by atoms with E-state index in [1.54, 1.807) is 0 Å². The van der Waals surface area contributed by atoms with Crippen LogP contribution < -0.4 is 15.4 Å². The van der Waals surface area contributed by atoms with Gasteiger partial charge in [0.2, 0.25) is 0 Å². The molecule has 11 nitrogen and oxygen atoms in total. The molecule has 14 heteroatoms. The van der Waals surface area contributed by atoms with Gasteiger partial charge in [0.1, 0.15) is 29.0 Å². The van der Waals surface area contributed by atoms with Crippen molar-refractivity contribution in [3.63, 3.8) is 0 Å². The first-order chi connectivity index (χ1) is 23.8. The fourth-order valence-electron chi connectivity index (χ4n) is 8.42. The number of halogens is 2. The number of anilines is 2. The Bertz CT molecular complexity index is 1970. The minimum Gasteiger partial charge on any atom is -0.462 e. The number of pyridine rings is 1. The molecule has 2 unspecified atom stereocenters. The lowest BCUT2D eigenvalue weighted by Gasteiger charge is -2.43. The average molecular weight is 691 g/mol. The van der Waals surface area contributed by atoms with Crippen molar-refractivity contribution in [1.82, 2.24) is 24.8 Å². The van der Waals surface area contributed by atoms with Gasteiger partial charge in [0.15, 0.2) is 11.6 Å². The van der Waals surface area contributed by atoms with E-state index < -0.39 is 11.6 Å². The van der Waals surface area contributed by atoms with Gasteiger partial charge in [-0.2, -0.15) is 15.2 Å². The fourth-order valence-corrected chi connectivity index (χ4v) is 9.35. The Balaban J connectivity index is 1.30. The molecule has 0 saturated carbocycles. The molecule has 4 aromatic rings. The molecule has 4 aliphatic heterocycles.